The van der Waals surface area contributed by atoms with Crippen LogP contribution < -0.4 is 11.1 Å². The van der Waals surface area contributed by atoms with Gasteiger partial charge in [-0.3, -0.25) is 4.79 Å². The highest BCUT2D eigenvalue weighted by Crippen LogP contribution is 2.29. The lowest BCUT2D eigenvalue weighted by Crippen LogP contribution is -2.25. The van der Waals surface area contributed by atoms with Crippen molar-refractivity contribution in [2.75, 3.05) is 12.3 Å². The van der Waals surface area contributed by atoms with Crippen molar-refractivity contribution in [3.63, 3.8) is 0 Å². The Kier molecular flexibility index (Phi) is 4.63. The second-order valence-electron chi connectivity index (χ2n) is 3.85. The van der Waals surface area contributed by atoms with Crippen LogP contribution in [-0.4, -0.2) is 17.4 Å². The van der Waals surface area contributed by atoms with Gasteiger partial charge in [-0.05, 0) is 12.1 Å². The molecule has 0 bridgehead atoms. The average Bonchev–Trinajstić information content (AvgIpc) is 2.88. The maximum absolute atomic E-state index is 11.9. The van der Waals surface area contributed by atoms with Crippen molar-refractivity contribution in [1.82, 2.24) is 10.3 Å². The summed E-state index contributed by atoms with van der Waals surface area (Å²) in [6.07, 6.45) is 0.687. The molecule has 2 aromatic rings. The van der Waals surface area contributed by atoms with Gasteiger partial charge in [0, 0.05) is 23.9 Å². The minimum atomic E-state index is -0.236. The van der Waals surface area contributed by atoms with Crippen LogP contribution in [0.15, 0.2) is 23.0 Å². The Morgan fingerprint density at radius 1 is 1.42 bits per heavy atom. The van der Waals surface area contributed by atoms with Crippen molar-refractivity contribution in [3.05, 3.63) is 44.3 Å². The van der Waals surface area contributed by atoms with E-state index in [-0.39, 0.29) is 16.0 Å². The molecule has 1 aromatic heterocycles. The number of benzene rings is 1. The summed E-state index contributed by atoms with van der Waals surface area (Å²) in [7, 11) is 0. The van der Waals surface area contributed by atoms with Crippen molar-refractivity contribution in [2.45, 2.75) is 6.42 Å². The van der Waals surface area contributed by atoms with Gasteiger partial charge >= 0.3 is 0 Å². The molecule has 2 rings (SSSR count). The number of amides is 1. The Hall–Kier alpha value is -1.30. The smallest absolute Gasteiger partial charge is 0.251 e. The zero-order chi connectivity index (χ0) is 13.8. The van der Waals surface area contributed by atoms with Gasteiger partial charge in [0.1, 0.15) is 0 Å². The number of hydrogen-bond donors (Lipinski definition) is 2. The number of carbonyl (C=O) groups excluding carboxylic acids is 1. The number of aromatic nitrogens is 1. The summed E-state index contributed by atoms with van der Waals surface area (Å²) in [6.45, 7) is 0.503. The molecule has 0 aliphatic carbocycles. The average molecular weight is 316 g/mol. The van der Waals surface area contributed by atoms with Gasteiger partial charge in [0.05, 0.1) is 26.9 Å². The third kappa shape index (κ3) is 3.59. The molecule has 4 nitrogen and oxygen atoms in total. The molecule has 1 amide bonds. The van der Waals surface area contributed by atoms with Gasteiger partial charge in [0.25, 0.3) is 5.91 Å². The van der Waals surface area contributed by atoms with E-state index in [1.165, 1.54) is 23.5 Å². The zero-order valence-corrected chi connectivity index (χ0v) is 12.1. The van der Waals surface area contributed by atoms with E-state index in [0.717, 1.165) is 5.69 Å². The first-order valence-corrected chi connectivity index (χ1v) is 7.17. The molecule has 1 heterocycles. The van der Waals surface area contributed by atoms with E-state index >= 15 is 0 Å². The van der Waals surface area contributed by atoms with E-state index in [1.54, 1.807) is 5.51 Å². The molecule has 3 N–H and O–H groups in total. The number of anilines is 1. The molecule has 19 heavy (non-hydrogen) atoms. The van der Waals surface area contributed by atoms with Gasteiger partial charge in [0.2, 0.25) is 0 Å². The standard InChI is InChI=1S/C12H11Cl2N3OS/c13-9-3-7(4-10(15)11(9)14)12(18)16-2-1-8-5-19-6-17-8/h3-6H,1-2,15H2,(H,16,18). The van der Waals surface area contributed by atoms with Crippen LogP contribution >= 0.6 is 34.5 Å². The van der Waals surface area contributed by atoms with Gasteiger partial charge < -0.3 is 11.1 Å². The lowest BCUT2D eigenvalue weighted by Gasteiger charge is -2.07. The van der Waals surface area contributed by atoms with Gasteiger partial charge in [0.15, 0.2) is 0 Å². The molecule has 0 aliphatic rings. The van der Waals surface area contributed by atoms with Crippen LogP contribution in [-0.2, 0) is 6.42 Å². The third-order valence-electron chi connectivity index (χ3n) is 2.47. The van der Waals surface area contributed by atoms with Gasteiger partial charge in [-0.15, -0.1) is 11.3 Å². The van der Waals surface area contributed by atoms with E-state index in [0.29, 0.717) is 24.2 Å². The number of carbonyl (C=O) groups is 1. The number of nitrogens with one attached hydrogen (secondary N) is 1. The summed E-state index contributed by atoms with van der Waals surface area (Å²) in [5.74, 6) is -0.236. The maximum atomic E-state index is 11.9. The fraction of sp³-hybridized carbons (Fsp3) is 0.167. The normalized spacial score (nSPS) is 10.4. The molecular weight excluding hydrogens is 305 g/mol. The Labute approximate surface area is 124 Å². The Morgan fingerprint density at radius 2 is 2.21 bits per heavy atom. The highest BCUT2D eigenvalue weighted by atomic mass is 35.5. The minimum Gasteiger partial charge on any atom is -0.397 e. The first-order valence-electron chi connectivity index (χ1n) is 5.47. The number of hydrogen-bond acceptors (Lipinski definition) is 4. The molecule has 0 spiro atoms. The topological polar surface area (TPSA) is 68.0 Å². The first-order chi connectivity index (χ1) is 9.08. The van der Waals surface area contributed by atoms with Crippen LogP contribution in [0.1, 0.15) is 16.1 Å². The van der Waals surface area contributed by atoms with Gasteiger partial charge in [-0.1, -0.05) is 23.2 Å². The van der Waals surface area contributed by atoms with Crippen molar-refractivity contribution >= 4 is 46.1 Å². The molecule has 0 radical (unpaired) electrons. The van der Waals surface area contributed by atoms with E-state index in [4.69, 9.17) is 28.9 Å². The third-order valence-corrected chi connectivity index (χ3v) is 3.92. The quantitative estimate of drug-likeness (QED) is 0.852. The molecule has 7 heteroatoms. The monoisotopic (exact) mass is 315 g/mol. The van der Waals surface area contributed by atoms with E-state index in [9.17, 15) is 4.79 Å². The lowest BCUT2D eigenvalue weighted by atomic mass is 10.2. The molecule has 1 aromatic carbocycles. The fourth-order valence-corrected chi connectivity index (χ4v) is 2.44. The highest BCUT2D eigenvalue weighted by Gasteiger charge is 2.11. The van der Waals surface area contributed by atoms with E-state index in [1.807, 2.05) is 5.38 Å². The summed E-state index contributed by atoms with van der Waals surface area (Å²) in [6, 6.07) is 3.00. The van der Waals surface area contributed by atoms with E-state index in [2.05, 4.69) is 10.3 Å². The number of rotatable bonds is 4. The van der Waals surface area contributed by atoms with Crippen LogP contribution in [0.3, 0.4) is 0 Å². The van der Waals surface area contributed by atoms with Gasteiger partial charge in [-0.2, -0.15) is 0 Å². The van der Waals surface area contributed by atoms with Crippen molar-refractivity contribution in [2.24, 2.45) is 0 Å². The molecule has 0 atom stereocenters. The summed E-state index contributed by atoms with van der Waals surface area (Å²) in [5.41, 5.74) is 9.06. The Morgan fingerprint density at radius 3 is 2.84 bits per heavy atom. The minimum absolute atomic E-state index is 0.236. The SMILES string of the molecule is Nc1cc(C(=O)NCCc2cscn2)cc(Cl)c1Cl. The Balaban J connectivity index is 1.96. The second-order valence-corrected chi connectivity index (χ2v) is 5.35. The summed E-state index contributed by atoms with van der Waals surface area (Å²) < 4.78 is 0. The number of thiazole rings is 1. The summed E-state index contributed by atoms with van der Waals surface area (Å²) in [4.78, 5) is 16.0. The molecule has 100 valence electrons. The first kappa shape index (κ1) is 14.1. The van der Waals surface area contributed by atoms with Crippen molar-refractivity contribution in [3.8, 4) is 0 Å². The van der Waals surface area contributed by atoms with Crippen LogP contribution in [0.25, 0.3) is 0 Å². The number of nitrogen functional groups attached to an aromatic ring is 1. The zero-order valence-electron chi connectivity index (χ0n) is 9.82. The molecule has 0 fully saturated rings. The Bertz CT molecular complexity index is 564. The number of nitrogens with two attached hydrogens (primary N) is 1. The lowest BCUT2D eigenvalue weighted by molar-refractivity contribution is 0.0954. The van der Waals surface area contributed by atoms with Crippen LogP contribution in [0, 0.1) is 0 Å². The van der Waals surface area contributed by atoms with Crippen LogP contribution in [0.5, 0.6) is 0 Å². The predicted octanol–water partition coefficient (Wildman–Crippen LogP) is 3.00. The van der Waals surface area contributed by atoms with Crippen LogP contribution in [0.4, 0.5) is 5.69 Å². The van der Waals surface area contributed by atoms with E-state index < -0.39 is 0 Å². The molecule has 0 unspecified atom stereocenters. The fourth-order valence-electron chi connectivity index (χ4n) is 1.51. The largest absolute Gasteiger partial charge is 0.397 e. The van der Waals surface area contributed by atoms with Crippen molar-refractivity contribution < 1.29 is 4.79 Å². The maximum Gasteiger partial charge on any atom is 0.251 e. The molecule has 0 saturated heterocycles. The van der Waals surface area contributed by atoms with Gasteiger partial charge in [-0.25, -0.2) is 4.98 Å². The summed E-state index contributed by atoms with van der Waals surface area (Å²) in [5, 5.41) is 5.26. The predicted molar refractivity (Wildman–Crippen MR) is 79.0 cm³/mol. The highest BCUT2D eigenvalue weighted by molar-refractivity contribution is 7.07. The van der Waals surface area contributed by atoms with Crippen LogP contribution in [0.2, 0.25) is 10.0 Å². The molecule has 0 saturated carbocycles. The molecule has 0 aliphatic heterocycles. The summed E-state index contributed by atoms with van der Waals surface area (Å²) >= 11 is 13.2. The molecular formula is C12H11Cl2N3OS. The second kappa shape index (κ2) is 6.23. The van der Waals surface area contributed by atoms with Crippen molar-refractivity contribution in [1.29, 1.82) is 0 Å². The number of halogens is 2. The number of nitrogens with zero attached hydrogens (tertiary/aromatic N) is 1.